The van der Waals surface area contributed by atoms with Crippen molar-refractivity contribution in [3.63, 3.8) is 0 Å². The minimum Gasteiger partial charge on any atom is -0.487 e. The van der Waals surface area contributed by atoms with E-state index in [2.05, 4.69) is 13.8 Å². The van der Waals surface area contributed by atoms with Crippen LogP contribution in [0, 0.1) is 5.92 Å². The van der Waals surface area contributed by atoms with Crippen LogP contribution in [0.5, 0.6) is 5.75 Å². The number of nitrogens with zero attached hydrogens (tertiary/aromatic N) is 1. The first-order chi connectivity index (χ1) is 14.8. The number of esters is 1. The van der Waals surface area contributed by atoms with Gasteiger partial charge in [0.05, 0.1) is 17.1 Å². The maximum absolute atomic E-state index is 12.5. The Hall–Kier alpha value is -2.65. The fourth-order valence-electron chi connectivity index (χ4n) is 3.08. The number of carbonyl (C=O) groups is 1. The molecule has 0 amide bonds. The van der Waals surface area contributed by atoms with Crippen molar-refractivity contribution in [2.75, 3.05) is 19.7 Å². The van der Waals surface area contributed by atoms with Crippen molar-refractivity contribution in [1.29, 1.82) is 0 Å². The molecular weight excluding hydrogens is 422 g/mol. The van der Waals surface area contributed by atoms with Crippen molar-refractivity contribution >= 4 is 16.0 Å². The number of hydrogen-bond acceptors (Lipinski definition) is 7. The summed E-state index contributed by atoms with van der Waals surface area (Å²) < 4.78 is 42.4. The van der Waals surface area contributed by atoms with Gasteiger partial charge in [-0.25, -0.2) is 13.2 Å². The summed E-state index contributed by atoms with van der Waals surface area (Å²) in [5, 5.41) is 0. The van der Waals surface area contributed by atoms with Gasteiger partial charge in [-0.1, -0.05) is 13.8 Å². The predicted molar refractivity (Wildman–Crippen MR) is 113 cm³/mol. The Bertz CT molecular complexity index is 1050. The van der Waals surface area contributed by atoms with Crippen LogP contribution in [0.2, 0.25) is 0 Å². The zero-order valence-electron chi connectivity index (χ0n) is 17.7. The van der Waals surface area contributed by atoms with Crippen LogP contribution >= 0.6 is 0 Å². The molecular formula is C22H27NO7S. The topological polar surface area (TPSA) is 103 Å². The van der Waals surface area contributed by atoms with Gasteiger partial charge in [0, 0.05) is 19.2 Å². The Morgan fingerprint density at radius 1 is 1.16 bits per heavy atom. The molecule has 0 unspecified atom stereocenters. The molecule has 1 fully saturated rings. The third-order valence-corrected chi connectivity index (χ3v) is 6.86. The molecule has 2 aromatic rings. The van der Waals surface area contributed by atoms with Crippen molar-refractivity contribution in [3.05, 3.63) is 58.1 Å². The number of ether oxygens (including phenoxy) is 2. The molecule has 1 aliphatic rings. The smallest absolute Gasteiger partial charge is 0.338 e. The lowest BCUT2D eigenvalue weighted by molar-refractivity contribution is 0.0442. The Morgan fingerprint density at radius 2 is 1.84 bits per heavy atom. The first kappa shape index (κ1) is 23.0. The molecule has 1 aromatic heterocycles. The average molecular weight is 450 g/mol. The van der Waals surface area contributed by atoms with E-state index in [0.29, 0.717) is 25.6 Å². The first-order valence-electron chi connectivity index (χ1n) is 10.3. The fourth-order valence-corrected chi connectivity index (χ4v) is 4.60. The van der Waals surface area contributed by atoms with E-state index in [1.54, 1.807) is 0 Å². The van der Waals surface area contributed by atoms with E-state index in [1.807, 2.05) is 0 Å². The Kier molecular flexibility index (Phi) is 7.50. The minimum atomic E-state index is -3.54. The quantitative estimate of drug-likeness (QED) is 0.542. The van der Waals surface area contributed by atoms with Crippen LogP contribution < -0.4 is 10.2 Å². The summed E-state index contributed by atoms with van der Waals surface area (Å²) in [5.41, 5.74) is -0.145. The van der Waals surface area contributed by atoms with Gasteiger partial charge < -0.3 is 13.9 Å². The molecule has 2 heterocycles. The lowest BCUT2D eigenvalue weighted by Gasteiger charge is -2.15. The molecule has 0 radical (unpaired) electrons. The zero-order valence-corrected chi connectivity index (χ0v) is 18.5. The van der Waals surface area contributed by atoms with Crippen LogP contribution in [0.25, 0.3) is 0 Å². The van der Waals surface area contributed by atoms with Crippen LogP contribution in [0.3, 0.4) is 0 Å². The Morgan fingerprint density at radius 3 is 2.45 bits per heavy atom. The highest BCUT2D eigenvalue weighted by atomic mass is 32.2. The van der Waals surface area contributed by atoms with Gasteiger partial charge in [0.15, 0.2) is 0 Å². The van der Waals surface area contributed by atoms with Crippen molar-refractivity contribution < 1.29 is 27.1 Å². The molecule has 1 aromatic carbocycles. The zero-order chi connectivity index (χ0) is 22.4. The molecule has 3 rings (SSSR count). The molecule has 0 aliphatic carbocycles. The molecule has 0 bridgehead atoms. The summed E-state index contributed by atoms with van der Waals surface area (Å²) in [7, 11) is -3.54. The minimum absolute atomic E-state index is 0.116. The van der Waals surface area contributed by atoms with Crippen LogP contribution in [-0.2, 0) is 21.4 Å². The highest BCUT2D eigenvalue weighted by Crippen LogP contribution is 2.21. The first-order valence-corrected chi connectivity index (χ1v) is 11.7. The summed E-state index contributed by atoms with van der Waals surface area (Å²) in [6.07, 6.45) is 3.73. The van der Waals surface area contributed by atoms with Crippen LogP contribution in [-0.4, -0.2) is 38.4 Å². The molecule has 31 heavy (non-hydrogen) atoms. The van der Waals surface area contributed by atoms with Gasteiger partial charge in [-0.15, -0.1) is 0 Å². The van der Waals surface area contributed by atoms with E-state index in [4.69, 9.17) is 13.9 Å². The van der Waals surface area contributed by atoms with E-state index in [9.17, 15) is 18.0 Å². The lowest BCUT2D eigenvalue weighted by Crippen LogP contribution is -2.27. The van der Waals surface area contributed by atoms with Gasteiger partial charge in [0.2, 0.25) is 21.2 Å². The second-order valence-electron chi connectivity index (χ2n) is 7.82. The lowest BCUT2D eigenvalue weighted by atomic mass is 10.1. The van der Waals surface area contributed by atoms with Crippen molar-refractivity contribution in [3.8, 4) is 5.75 Å². The fraction of sp³-hybridized carbons (Fsp3) is 0.455. The van der Waals surface area contributed by atoms with Gasteiger partial charge in [0.25, 0.3) is 0 Å². The summed E-state index contributed by atoms with van der Waals surface area (Å²) in [4.78, 5) is 24.5. The molecule has 168 valence electrons. The highest BCUT2D eigenvalue weighted by molar-refractivity contribution is 7.89. The Labute approximate surface area is 181 Å². The molecule has 8 nitrogen and oxygen atoms in total. The number of sulfonamides is 1. The SMILES string of the molecule is CC(C)CCOc1coc(COC(=O)c2ccc(S(=O)(=O)N3CCCC3)cc2)cc1=O. The third-order valence-electron chi connectivity index (χ3n) is 4.94. The normalized spacial score (nSPS) is 14.7. The molecule has 0 N–H and O–H groups in total. The van der Waals surface area contributed by atoms with Gasteiger partial charge in [-0.3, -0.25) is 4.79 Å². The van der Waals surface area contributed by atoms with Crippen molar-refractivity contribution in [2.24, 2.45) is 5.92 Å². The van der Waals surface area contributed by atoms with Gasteiger partial charge in [0.1, 0.15) is 18.6 Å². The van der Waals surface area contributed by atoms with Crippen molar-refractivity contribution in [1.82, 2.24) is 4.31 Å². The van der Waals surface area contributed by atoms with E-state index in [-0.39, 0.29) is 34.0 Å². The predicted octanol–water partition coefficient (Wildman–Crippen LogP) is 3.21. The van der Waals surface area contributed by atoms with Gasteiger partial charge >= 0.3 is 5.97 Å². The molecule has 1 saturated heterocycles. The van der Waals surface area contributed by atoms with Crippen LogP contribution in [0.1, 0.15) is 49.2 Å². The molecule has 9 heteroatoms. The van der Waals surface area contributed by atoms with E-state index < -0.39 is 16.0 Å². The average Bonchev–Trinajstić information content (AvgIpc) is 3.29. The van der Waals surface area contributed by atoms with Gasteiger partial charge in [-0.2, -0.15) is 4.31 Å². The summed E-state index contributed by atoms with van der Waals surface area (Å²) in [5.74, 6) is 0.110. The molecule has 0 atom stereocenters. The van der Waals surface area contributed by atoms with Crippen LogP contribution in [0.15, 0.2) is 50.7 Å². The summed E-state index contributed by atoms with van der Waals surface area (Å²) in [6.45, 7) is 5.33. The number of benzene rings is 1. The van der Waals surface area contributed by atoms with E-state index in [1.165, 1.54) is 40.9 Å². The summed E-state index contributed by atoms with van der Waals surface area (Å²) >= 11 is 0. The summed E-state index contributed by atoms with van der Waals surface area (Å²) in [6, 6.07) is 6.84. The van der Waals surface area contributed by atoms with Crippen LogP contribution in [0.4, 0.5) is 0 Å². The maximum Gasteiger partial charge on any atom is 0.338 e. The molecule has 0 spiro atoms. The standard InChI is InChI=1S/C22H27NO7S/c1-16(2)9-12-28-21-15-29-18(13-20(21)24)14-30-22(25)17-5-7-19(8-6-17)31(26,27)23-10-3-4-11-23/h5-8,13,15-16H,3-4,9-12,14H2,1-2H3. The van der Waals surface area contributed by atoms with E-state index in [0.717, 1.165) is 19.3 Å². The largest absolute Gasteiger partial charge is 0.487 e. The number of rotatable bonds is 9. The number of carbonyl (C=O) groups excluding carboxylic acids is 1. The maximum atomic E-state index is 12.5. The second-order valence-corrected chi connectivity index (χ2v) is 9.76. The van der Waals surface area contributed by atoms with E-state index >= 15 is 0 Å². The number of hydrogen-bond donors (Lipinski definition) is 0. The van der Waals surface area contributed by atoms with Crippen molar-refractivity contribution in [2.45, 2.75) is 44.6 Å². The highest BCUT2D eigenvalue weighted by Gasteiger charge is 2.27. The second kappa shape index (κ2) is 10.1. The van der Waals surface area contributed by atoms with Gasteiger partial charge in [-0.05, 0) is 49.4 Å². The molecule has 0 saturated carbocycles. The Balaban J connectivity index is 1.57. The third kappa shape index (κ3) is 5.95. The molecule has 1 aliphatic heterocycles. The monoisotopic (exact) mass is 449 g/mol.